The van der Waals surface area contributed by atoms with Crippen LogP contribution in [0.2, 0.25) is 0 Å². The number of anilines is 1. The van der Waals surface area contributed by atoms with Crippen LogP contribution in [-0.4, -0.2) is 37.3 Å². The molecule has 18 heavy (non-hydrogen) atoms. The number of nitrogens with one attached hydrogen (secondary N) is 1. The van der Waals surface area contributed by atoms with E-state index in [0.29, 0.717) is 6.54 Å². The molecular weight excluding hydrogens is 228 g/mol. The van der Waals surface area contributed by atoms with Gasteiger partial charge in [-0.2, -0.15) is 0 Å². The molecule has 0 heterocycles. The summed E-state index contributed by atoms with van der Waals surface area (Å²) >= 11 is 0. The van der Waals surface area contributed by atoms with E-state index in [1.165, 1.54) is 0 Å². The van der Waals surface area contributed by atoms with Gasteiger partial charge in [0.1, 0.15) is 0 Å². The van der Waals surface area contributed by atoms with Gasteiger partial charge in [0, 0.05) is 25.4 Å². The first kappa shape index (κ1) is 14.5. The number of aliphatic hydroxyl groups is 1. The van der Waals surface area contributed by atoms with Crippen LogP contribution in [-0.2, 0) is 4.79 Å². The monoisotopic (exact) mass is 250 g/mol. The van der Waals surface area contributed by atoms with Crippen LogP contribution in [0.3, 0.4) is 0 Å². The number of amides is 1. The number of likely N-dealkylation sites (N-methyl/N-ethyl adjacent to an activating group) is 1. The normalized spacial score (nSPS) is 11.9. The van der Waals surface area contributed by atoms with E-state index in [2.05, 4.69) is 5.32 Å². The minimum atomic E-state index is 0.00629. The van der Waals surface area contributed by atoms with Crippen molar-refractivity contribution in [2.45, 2.75) is 25.8 Å². The van der Waals surface area contributed by atoms with Crippen LogP contribution in [0.15, 0.2) is 30.3 Å². The van der Waals surface area contributed by atoms with Gasteiger partial charge in [0.25, 0.3) is 0 Å². The van der Waals surface area contributed by atoms with E-state index in [-0.39, 0.29) is 18.6 Å². The maximum Gasteiger partial charge on any atom is 0.239 e. The third-order valence-electron chi connectivity index (χ3n) is 2.78. The van der Waals surface area contributed by atoms with Crippen molar-refractivity contribution in [1.29, 1.82) is 0 Å². The summed E-state index contributed by atoms with van der Waals surface area (Å²) in [6.45, 7) is 2.47. The summed E-state index contributed by atoms with van der Waals surface area (Å²) < 4.78 is 0. The number of hydrogen-bond donors (Lipinski definition) is 2. The number of hydrogen-bond acceptors (Lipinski definition) is 3. The summed E-state index contributed by atoms with van der Waals surface area (Å²) in [6.07, 6.45) is 1.52. The number of aliphatic hydroxyl groups excluding tert-OH is 1. The highest BCUT2D eigenvalue weighted by Gasteiger charge is 2.10. The van der Waals surface area contributed by atoms with Gasteiger partial charge in [0.15, 0.2) is 0 Å². The topological polar surface area (TPSA) is 52.6 Å². The van der Waals surface area contributed by atoms with Gasteiger partial charge in [-0.25, -0.2) is 0 Å². The van der Waals surface area contributed by atoms with Gasteiger partial charge in [-0.15, -0.1) is 0 Å². The molecule has 1 rings (SSSR count). The summed E-state index contributed by atoms with van der Waals surface area (Å²) in [6, 6.07) is 9.91. The third kappa shape index (κ3) is 5.19. The maximum absolute atomic E-state index is 11.8. The molecule has 4 nitrogen and oxygen atoms in total. The zero-order valence-corrected chi connectivity index (χ0v) is 11.1. The van der Waals surface area contributed by atoms with Gasteiger partial charge in [0.2, 0.25) is 5.91 Å². The third-order valence-corrected chi connectivity index (χ3v) is 2.78. The highest BCUT2D eigenvalue weighted by atomic mass is 16.3. The second kappa shape index (κ2) is 7.71. The van der Waals surface area contributed by atoms with Gasteiger partial charge in [-0.1, -0.05) is 18.2 Å². The van der Waals surface area contributed by atoms with Gasteiger partial charge < -0.3 is 15.3 Å². The van der Waals surface area contributed by atoms with Crippen molar-refractivity contribution in [1.82, 2.24) is 5.32 Å². The number of benzene rings is 1. The Labute approximate surface area is 109 Å². The van der Waals surface area contributed by atoms with Crippen LogP contribution in [0.4, 0.5) is 5.69 Å². The number of carbonyl (C=O) groups is 1. The Morgan fingerprint density at radius 2 is 2.06 bits per heavy atom. The average Bonchev–Trinajstić information content (AvgIpc) is 2.37. The first-order chi connectivity index (χ1) is 8.63. The molecule has 1 atom stereocenters. The van der Waals surface area contributed by atoms with E-state index in [4.69, 9.17) is 5.11 Å². The summed E-state index contributed by atoms with van der Waals surface area (Å²) in [4.78, 5) is 13.7. The fourth-order valence-electron chi connectivity index (χ4n) is 1.78. The van der Waals surface area contributed by atoms with Crippen LogP contribution in [0.5, 0.6) is 0 Å². The Balaban J connectivity index is 2.36. The van der Waals surface area contributed by atoms with E-state index in [0.717, 1.165) is 18.5 Å². The van der Waals surface area contributed by atoms with Crippen molar-refractivity contribution >= 4 is 11.6 Å². The number of nitrogens with zero attached hydrogens (tertiary/aromatic N) is 1. The first-order valence-electron chi connectivity index (χ1n) is 6.30. The first-order valence-corrected chi connectivity index (χ1v) is 6.30. The van der Waals surface area contributed by atoms with Gasteiger partial charge in [-0.05, 0) is 31.9 Å². The van der Waals surface area contributed by atoms with E-state index in [1.54, 1.807) is 0 Å². The molecule has 0 aromatic heterocycles. The lowest BCUT2D eigenvalue weighted by molar-refractivity contribution is -0.120. The number of rotatable bonds is 7. The highest BCUT2D eigenvalue weighted by molar-refractivity contribution is 5.81. The van der Waals surface area contributed by atoms with Crippen molar-refractivity contribution in [2.75, 3.05) is 25.1 Å². The average molecular weight is 250 g/mol. The second-order valence-corrected chi connectivity index (χ2v) is 4.53. The predicted molar refractivity (Wildman–Crippen MR) is 73.6 cm³/mol. The predicted octanol–water partition coefficient (Wildman–Crippen LogP) is 1.40. The molecule has 0 bridgehead atoms. The SMILES string of the molecule is CC(CCCO)NC(=O)CN(C)c1ccccc1. The number of carbonyl (C=O) groups excluding carboxylic acids is 1. The minimum absolute atomic E-state index is 0.00629. The molecule has 2 N–H and O–H groups in total. The summed E-state index contributed by atoms with van der Waals surface area (Å²) in [5, 5.41) is 11.6. The molecule has 0 saturated carbocycles. The largest absolute Gasteiger partial charge is 0.396 e. The van der Waals surface area contributed by atoms with Crippen LogP contribution in [0.25, 0.3) is 0 Å². The summed E-state index contributed by atoms with van der Waals surface area (Å²) in [5.74, 6) is 0.00629. The molecule has 0 aliphatic heterocycles. The van der Waals surface area contributed by atoms with E-state index in [1.807, 2.05) is 49.2 Å². The zero-order chi connectivity index (χ0) is 13.4. The Hall–Kier alpha value is -1.55. The van der Waals surface area contributed by atoms with Crippen molar-refractivity contribution in [3.63, 3.8) is 0 Å². The molecule has 0 fully saturated rings. The van der Waals surface area contributed by atoms with Crippen molar-refractivity contribution in [3.8, 4) is 0 Å². The Kier molecular flexibility index (Phi) is 6.22. The molecule has 0 aliphatic rings. The summed E-state index contributed by atoms with van der Waals surface area (Å²) in [7, 11) is 1.90. The lowest BCUT2D eigenvalue weighted by Gasteiger charge is -2.20. The highest BCUT2D eigenvalue weighted by Crippen LogP contribution is 2.10. The molecule has 4 heteroatoms. The quantitative estimate of drug-likeness (QED) is 0.769. The van der Waals surface area contributed by atoms with Crippen LogP contribution in [0, 0.1) is 0 Å². The van der Waals surface area contributed by atoms with E-state index in [9.17, 15) is 4.79 Å². The molecule has 1 aromatic carbocycles. The van der Waals surface area contributed by atoms with Crippen molar-refractivity contribution < 1.29 is 9.90 Å². The molecule has 1 amide bonds. The fraction of sp³-hybridized carbons (Fsp3) is 0.500. The molecule has 1 unspecified atom stereocenters. The lowest BCUT2D eigenvalue weighted by atomic mass is 10.2. The molecule has 0 spiro atoms. The summed E-state index contributed by atoms with van der Waals surface area (Å²) in [5.41, 5.74) is 1.02. The molecule has 0 radical (unpaired) electrons. The fourth-order valence-corrected chi connectivity index (χ4v) is 1.78. The van der Waals surface area contributed by atoms with E-state index >= 15 is 0 Å². The molecule has 0 saturated heterocycles. The molecule has 1 aromatic rings. The van der Waals surface area contributed by atoms with Crippen LogP contribution < -0.4 is 10.2 Å². The smallest absolute Gasteiger partial charge is 0.239 e. The van der Waals surface area contributed by atoms with Gasteiger partial charge in [0.05, 0.1) is 6.54 Å². The molecule has 100 valence electrons. The lowest BCUT2D eigenvalue weighted by Crippen LogP contribution is -2.39. The standard InChI is InChI=1S/C14H22N2O2/c1-12(7-6-10-17)15-14(18)11-16(2)13-8-4-3-5-9-13/h3-5,8-9,12,17H,6-7,10-11H2,1-2H3,(H,15,18). The van der Waals surface area contributed by atoms with Crippen LogP contribution >= 0.6 is 0 Å². The Morgan fingerprint density at radius 1 is 1.39 bits per heavy atom. The molecular formula is C14H22N2O2. The van der Waals surface area contributed by atoms with E-state index < -0.39 is 0 Å². The van der Waals surface area contributed by atoms with Crippen molar-refractivity contribution in [2.24, 2.45) is 0 Å². The Bertz CT molecular complexity index is 354. The van der Waals surface area contributed by atoms with Gasteiger partial charge in [-0.3, -0.25) is 4.79 Å². The zero-order valence-electron chi connectivity index (χ0n) is 11.1. The van der Waals surface area contributed by atoms with Crippen molar-refractivity contribution in [3.05, 3.63) is 30.3 Å². The molecule has 0 aliphatic carbocycles. The van der Waals surface area contributed by atoms with Crippen LogP contribution in [0.1, 0.15) is 19.8 Å². The number of para-hydroxylation sites is 1. The maximum atomic E-state index is 11.8. The van der Waals surface area contributed by atoms with Gasteiger partial charge >= 0.3 is 0 Å². The minimum Gasteiger partial charge on any atom is -0.396 e. The second-order valence-electron chi connectivity index (χ2n) is 4.53. The Morgan fingerprint density at radius 3 is 2.67 bits per heavy atom.